The molecule has 7 heteroatoms. The van der Waals surface area contributed by atoms with Crippen molar-refractivity contribution in [3.05, 3.63) is 22.7 Å². The fourth-order valence-electron chi connectivity index (χ4n) is 1.38. The Labute approximate surface area is 116 Å². The molecule has 1 aromatic rings. The molecule has 102 valence electrons. The molecular weight excluding hydrogens is 320 g/mol. The van der Waals surface area contributed by atoms with Gasteiger partial charge in [-0.15, -0.1) is 0 Å². The van der Waals surface area contributed by atoms with Crippen molar-refractivity contribution in [1.82, 2.24) is 4.72 Å². The van der Waals surface area contributed by atoms with Crippen molar-refractivity contribution in [3.63, 3.8) is 0 Å². The zero-order chi connectivity index (χ0) is 13.8. The Hall–Kier alpha value is -0.630. The summed E-state index contributed by atoms with van der Waals surface area (Å²) < 4.78 is 27.1. The predicted molar refractivity (Wildman–Crippen MR) is 74.6 cm³/mol. The van der Waals surface area contributed by atoms with Crippen molar-refractivity contribution in [2.75, 3.05) is 18.9 Å². The third kappa shape index (κ3) is 4.24. The molecule has 1 atom stereocenters. The first kappa shape index (κ1) is 15.4. The molecule has 0 aromatic heterocycles. The predicted octanol–water partition coefficient (Wildman–Crippen LogP) is 1.33. The molecule has 4 N–H and O–H groups in total. The molecule has 0 amide bonds. The van der Waals surface area contributed by atoms with E-state index in [9.17, 15) is 8.42 Å². The molecule has 1 rings (SSSR count). The largest absolute Gasteiger partial charge is 0.399 e. The summed E-state index contributed by atoms with van der Waals surface area (Å²) in [4.78, 5) is 0.124. The van der Waals surface area contributed by atoms with Gasteiger partial charge in [-0.3, -0.25) is 0 Å². The molecule has 1 aromatic carbocycles. The summed E-state index contributed by atoms with van der Waals surface area (Å²) >= 11 is 3.19. The third-order valence-corrected chi connectivity index (χ3v) is 4.91. The highest BCUT2D eigenvalue weighted by molar-refractivity contribution is 9.10. The molecule has 0 aliphatic heterocycles. The van der Waals surface area contributed by atoms with Crippen LogP contribution in [0.25, 0.3) is 0 Å². The number of nitrogen functional groups attached to an aromatic ring is 1. The van der Waals surface area contributed by atoms with Crippen molar-refractivity contribution in [2.45, 2.75) is 18.2 Å². The van der Waals surface area contributed by atoms with Crippen LogP contribution in [0.15, 0.2) is 27.6 Å². The zero-order valence-electron chi connectivity index (χ0n) is 10.1. The van der Waals surface area contributed by atoms with Gasteiger partial charge in [0, 0.05) is 23.3 Å². The van der Waals surface area contributed by atoms with Crippen LogP contribution in [0.1, 0.15) is 13.3 Å². The van der Waals surface area contributed by atoms with Gasteiger partial charge in [0.1, 0.15) is 0 Å². The Morgan fingerprint density at radius 3 is 2.78 bits per heavy atom. The van der Waals surface area contributed by atoms with Gasteiger partial charge in [-0.25, -0.2) is 13.1 Å². The molecular formula is C11H17BrN2O3S. The van der Waals surface area contributed by atoms with Gasteiger partial charge in [-0.2, -0.15) is 0 Å². The van der Waals surface area contributed by atoms with Crippen LogP contribution in [0.5, 0.6) is 0 Å². The molecule has 0 radical (unpaired) electrons. The number of anilines is 1. The number of aliphatic hydroxyl groups excluding tert-OH is 1. The van der Waals surface area contributed by atoms with Gasteiger partial charge in [0.25, 0.3) is 0 Å². The van der Waals surface area contributed by atoms with E-state index in [1.807, 2.05) is 6.92 Å². The molecule has 0 saturated heterocycles. The number of nitrogens with one attached hydrogen (secondary N) is 1. The lowest BCUT2D eigenvalue weighted by molar-refractivity contribution is 0.263. The van der Waals surface area contributed by atoms with Crippen LogP contribution in [0.4, 0.5) is 5.69 Å². The number of benzene rings is 1. The standard InChI is InChI=1S/C11H17BrN2O3S/c1-8(4-5-15)7-14-18(16,17)11-6-9(13)2-3-10(11)12/h2-3,6,8,14-15H,4-5,7,13H2,1H3. The van der Waals surface area contributed by atoms with Crippen LogP contribution in [0, 0.1) is 5.92 Å². The summed E-state index contributed by atoms with van der Waals surface area (Å²) in [6.45, 7) is 2.20. The van der Waals surface area contributed by atoms with Crippen LogP contribution < -0.4 is 10.5 Å². The molecule has 0 aliphatic rings. The average Bonchev–Trinajstić information content (AvgIpc) is 2.30. The summed E-state index contributed by atoms with van der Waals surface area (Å²) in [7, 11) is -3.59. The van der Waals surface area contributed by atoms with E-state index in [0.717, 1.165) is 0 Å². The molecule has 5 nitrogen and oxygen atoms in total. The third-order valence-electron chi connectivity index (χ3n) is 2.49. The number of nitrogens with two attached hydrogens (primary N) is 1. The molecule has 0 spiro atoms. The number of sulfonamides is 1. The minimum absolute atomic E-state index is 0.0465. The molecule has 1 unspecified atom stereocenters. The first-order valence-electron chi connectivity index (χ1n) is 5.52. The van der Waals surface area contributed by atoms with E-state index in [-0.39, 0.29) is 24.0 Å². The molecule has 18 heavy (non-hydrogen) atoms. The minimum atomic E-state index is -3.59. The van der Waals surface area contributed by atoms with Gasteiger partial charge in [0.15, 0.2) is 0 Å². The number of rotatable bonds is 6. The van der Waals surface area contributed by atoms with Crippen molar-refractivity contribution in [3.8, 4) is 0 Å². The highest BCUT2D eigenvalue weighted by Gasteiger charge is 2.18. The second-order valence-corrected chi connectivity index (χ2v) is 6.75. The van der Waals surface area contributed by atoms with E-state index in [4.69, 9.17) is 10.8 Å². The van der Waals surface area contributed by atoms with Gasteiger partial charge in [-0.05, 0) is 46.5 Å². The van der Waals surface area contributed by atoms with Gasteiger partial charge in [0.2, 0.25) is 10.0 Å². The smallest absolute Gasteiger partial charge is 0.241 e. The maximum atomic E-state index is 12.1. The number of halogens is 1. The second-order valence-electron chi connectivity index (χ2n) is 4.16. The van der Waals surface area contributed by atoms with Gasteiger partial charge in [0.05, 0.1) is 4.90 Å². The van der Waals surface area contributed by atoms with Crippen molar-refractivity contribution in [2.24, 2.45) is 5.92 Å². The number of hydrogen-bond acceptors (Lipinski definition) is 4. The topological polar surface area (TPSA) is 92.4 Å². The summed E-state index contributed by atoms with van der Waals surface area (Å²) in [5, 5.41) is 8.76. The minimum Gasteiger partial charge on any atom is -0.399 e. The Bertz CT molecular complexity index is 505. The number of hydrogen-bond donors (Lipinski definition) is 3. The normalized spacial score (nSPS) is 13.5. The SMILES string of the molecule is CC(CCO)CNS(=O)(=O)c1cc(N)ccc1Br. The van der Waals surface area contributed by atoms with E-state index < -0.39 is 10.0 Å². The van der Waals surface area contributed by atoms with Crippen LogP contribution in [-0.2, 0) is 10.0 Å². The highest BCUT2D eigenvalue weighted by Crippen LogP contribution is 2.24. The van der Waals surface area contributed by atoms with Crippen molar-refractivity contribution < 1.29 is 13.5 Å². The van der Waals surface area contributed by atoms with Crippen LogP contribution in [-0.4, -0.2) is 26.7 Å². The van der Waals surface area contributed by atoms with Crippen LogP contribution >= 0.6 is 15.9 Å². The lowest BCUT2D eigenvalue weighted by atomic mass is 10.1. The van der Waals surface area contributed by atoms with Gasteiger partial charge >= 0.3 is 0 Å². The van der Waals surface area contributed by atoms with E-state index in [1.54, 1.807) is 12.1 Å². The Morgan fingerprint density at radius 2 is 2.17 bits per heavy atom. The monoisotopic (exact) mass is 336 g/mol. The van der Waals surface area contributed by atoms with Crippen molar-refractivity contribution >= 4 is 31.6 Å². The Morgan fingerprint density at radius 1 is 1.50 bits per heavy atom. The maximum Gasteiger partial charge on any atom is 0.241 e. The molecule has 0 aliphatic carbocycles. The highest BCUT2D eigenvalue weighted by atomic mass is 79.9. The van der Waals surface area contributed by atoms with Crippen LogP contribution in [0.3, 0.4) is 0 Å². The van der Waals surface area contributed by atoms with E-state index >= 15 is 0 Å². The lowest BCUT2D eigenvalue weighted by Crippen LogP contribution is -2.29. The summed E-state index contributed by atoms with van der Waals surface area (Å²) in [6, 6.07) is 4.63. The van der Waals surface area contributed by atoms with E-state index in [0.29, 0.717) is 16.6 Å². The first-order valence-corrected chi connectivity index (χ1v) is 7.80. The van der Waals surface area contributed by atoms with Crippen molar-refractivity contribution in [1.29, 1.82) is 0 Å². The molecule has 0 saturated carbocycles. The molecule has 0 fully saturated rings. The average molecular weight is 337 g/mol. The van der Waals surface area contributed by atoms with Gasteiger partial charge in [-0.1, -0.05) is 6.92 Å². The Kier molecular flexibility index (Phi) is 5.58. The molecule has 0 bridgehead atoms. The lowest BCUT2D eigenvalue weighted by Gasteiger charge is -2.13. The summed E-state index contributed by atoms with van der Waals surface area (Å²) in [6.07, 6.45) is 0.556. The van der Waals surface area contributed by atoms with E-state index in [1.165, 1.54) is 6.07 Å². The molecule has 0 heterocycles. The first-order chi connectivity index (χ1) is 8.36. The quantitative estimate of drug-likeness (QED) is 0.683. The Balaban J connectivity index is 2.83. The van der Waals surface area contributed by atoms with Crippen LogP contribution in [0.2, 0.25) is 0 Å². The fraction of sp³-hybridized carbons (Fsp3) is 0.455. The fourth-order valence-corrected chi connectivity index (χ4v) is 3.54. The zero-order valence-corrected chi connectivity index (χ0v) is 12.5. The maximum absolute atomic E-state index is 12.1. The summed E-state index contributed by atoms with van der Waals surface area (Å²) in [5.41, 5.74) is 5.97. The summed E-state index contributed by atoms with van der Waals surface area (Å²) in [5.74, 6) is 0.0737. The second kappa shape index (κ2) is 6.51. The number of aliphatic hydroxyl groups is 1. The van der Waals surface area contributed by atoms with E-state index in [2.05, 4.69) is 20.7 Å². The van der Waals surface area contributed by atoms with Gasteiger partial charge < -0.3 is 10.8 Å².